The summed E-state index contributed by atoms with van der Waals surface area (Å²) in [6.07, 6.45) is 4.37. The zero-order chi connectivity index (χ0) is 12.5. The van der Waals surface area contributed by atoms with E-state index in [1.165, 1.54) is 12.5 Å². The SMILES string of the molecule is CC1CC(NS(=O)(=O)c2cnc[nH]2)CCN1C. The first kappa shape index (κ1) is 12.5. The normalized spacial score (nSPS) is 27.2. The third-order valence-electron chi connectivity index (χ3n) is 3.29. The molecule has 1 aliphatic heterocycles. The van der Waals surface area contributed by atoms with Crippen molar-refractivity contribution in [1.82, 2.24) is 19.6 Å². The Kier molecular flexibility index (Phi) is 3.50. The number of hydrogen-bond acceptors (Lipinski definition) is 4. The molecule has 1 aliphatic rings. The minimum Gasteiger partial charge on any atom is -0.335 e. The smallest absolute Gasteiger partial charge is 0.257 e. The fraction of sp³-hybridized carbons (Fsp3) is 0.700. The molecule has 2 rings (SSSR count). The second-order valence-corrected chi connectivity index (χ2v) is 6.27. The number of rotatable bonds is 3. The Bertz CT molecular complexity index is 457. The van der Waals surface area contributed by atoms with E-state index in [0.29, 0.717) is 6.04 Å². The molecule has 0 spiro atoms. The van der Waals surface area contributed by atoms with Gasteiger partial charge in [0.05, 0.1) is 12.5 Å². The number of H-pyrrole nitrogens is 1. The zero-order valence-electron chi connectivity index (χ0n) is 10.0. The molecular formula is C10H18N4O2S. The lowest BCUT2D eigenvalue weighted by Crippen LogP contribution is -2.47. The molecule has 0 bridgehead atoms. The monoisotopic (exact) mass is 258 g/mol. The molecule has 6 nitrogen and oxygen atoms in total. The molecule has 17 heavy (non-hydrogen) atoms. The number of hydrogen-bond donors (Lipinski definition) is 2. The molecule has 1 aromatic rings. The largest absolute Gasteiger partial charge is 0.335 e. The van der Waals surface area contributed by atoms with Crippen LogP contribution in [-0.2, 0) is 10.0 Å². The Hall–Kier alpha value is -0.920. The molecule has 0 saturated carbocycles. The molecule has 7 heteroatoms. The van der Waals surface area contributed by atoms with Gasteiger partial charge in [-0.3, -0.25) is 0 Å². The molecule has 2 unspecified atom stereocenters. The van der Waals surface area contributed by atoms with Crippen molar-refractivity contribution in [1.29, 1.82) is 0 Å². The average Bonchev–Trinajstić information content (AvgIpc) is 2.77. The summed E-state index contributed by atoms with van der Waals surface area (Å²) in [5, 5.41) is 0.129. The summed E-state index contributed by atoms with van der Waals surface area (Å²) >= 11 is 0. The molecule has 2 N–H and O–H groups in total. The first-order valence-electron chi connectivity index (χ1n) is 5.70. The summed E-state index contributed by atoms with van der Waals surface area (Å²) in [6.45, 7) is 3.02. The lowest BCUT2D eigenvalue weighted by molar-refractivity contribution is 0.178. The highest BCUT2D eigenvalue weighted by Crippen LogP contribution is 2.17. The Morgan fingerprint density at radius 3 is 2.94 bits per heavy atom. The van der Waals surface area contributed by atoms with Gasteiger partial charge >= 0.3 is 0 Å². The molecule has 0 aliphatic carbocycles. The van der Waals surface area contributed by atoms with Crippen LogP contribution in [-0.4, -0.2) is 49.0 Å². The highest BCUT2D eigenvalue weighted by molar-refractivity contribution is 7.89. The first-order chi connectivity index (χ1) is 7.99. The molecular weight excluding hydrogens is 240 g/mol. The van der Waals surface area contributed by atoms with Gasteiger partial charge in [0.25, 0.3) is 10.0 Å². The third-order valence-corrected chi connectivity index (χ3v) is 4.74. The number of nitrogens with one attached hydrogen (secondary N) is 2. The summed E-state index contributed by atoms with van der Waals surface area (Å²) in [6, 6.07) is 0.410. The molecule has 2 heterocycles. The van der Waals surface area contributed by atoms with Gasteiger partial charge in [0.1, 0.15) is 0 Å². The van der Waals surface area contributed by atoms with Crippen molar-refractivity contribution in [2.24, 2.45) is 0 Å². The Morgan fingerprint density at radius 2 is 2.35 bits per heavy atom. The van der Waals surface area contributed by atoms with Gasteiger partial charge in [0.2, 0.25) is 0 Å². The van der Waals surface area contributed by atoms with Crippen molar-refractivity contribution in [3.63, 3.8) is 0 Å². The third kappa shape index (κ3) is 2.85. The molecule has 96 valence electrons. The van der Waals surface area contributed by atoms with Crippen LogP contribution in [0.3, 0.4) is 0 Å². The van der Waals surface area contributed by atoms with Crippen LogP contribution in [0, 0.1) is 0 Å². The van der Waals surface area contributed by atoms with Gasteiger partial charge in [0, 0.05) is 12.1 Å². The number of piperidine rings is 1. The Balaban J connectivity index is 2.02. The molecule has 1 fully saturated rings. The van der Waals surface area contributed by atoms with Gasteiger partial charge in [-0.05, 0) is 33.4 Å². The van der Waals surface area contributed by atoms with E-state index in [0.717, 1.165) is 19.4 Å². The second kappa shape index (κ2) is 4.75. The van der Waals surface area contributed by atoms with Crippen molar-refractivity contribution < 1.29 is 8.42 Å². The first-order valence-corrected chi connectivity index (χ1v) is 7.18. The lowest BCUT2D eigenvalue weighted by Gasteiger charge is -2.34. The summed E-state index contributed by atoms with van der Waals surface area (Å²) in [4.78, 5) is 8.58. The van der Waals surface area contributed by atoms with Crippen LogP contribution in [0.5, 0.6) is 0 Å². The van der Waals surface area contributed by atoms with E-state index in [9.17, 15) is 8.42 Å². The van der Waals surface area contributed by atoms with E-state index in [4.69, 9.17) is 0 Å². The maximum Gasteiger partial charge on any atom is 0.257 e. The van der Waals surface area contributed by atoms with Crippen LogP contribution in [0.2, 0.25) is 0 Å². The van der Waals surface area contributed by atoms with E-state index in [1.54, 1.807) is 0 Å². The number of aromatic nitrogens is 2. The summed E-state index contributed by atoms with van der Waals surface area (Å²) < 4.78 is 26.6. The van der Waals surface area contributed by atoms with Crippen molar-refractivity contribution in [3.8, 4) is 0 Å². The summed E-state index contributed by atoms with van der Waals surface area (Å²) in [5.74, 6) is 0. The standard InChI is InChI=1S/C10H18N4O2S/c1-8-5-9(3-4-14(8)2)13-17(15,16)10-6-11-7-12-10/h6-9,13H,3-5H2,1-2H3,(H,11,12). The fourth-order valence-electron chi connectivity index (χ4n) is 2.07. The molecule has 0 aromatic carbocycles. The van der Waals surface area contributed by atoms with E-state index < -0.39 is 10.0 Å². The number of imidazole rings is 1. The van der Waals surface area contributed by atoms with Crippen LogP contribution >= 0.6 is 0 Å². The molecule has 0 radical (unpaired) electrons. The van der Waals surface area contributed by atoms with Gasteiger partial charge in [-0.25, -0.2) is 18.1 Å². The minimum absolute atomic E-state index is 0.00880. The number of nitrogens with zero attached hydrogens (tertiary/aromatic N) is 2. The van der Waals surface area contributed by atoms with Crippen LogP contribution in [0.1, 0.15) is 19.8 Å². The van der Waals surface area contributed by atoms with E-state index >= 15 is 0 Å². The Labute approximate surface area is 101 Å². The van der Waals surface area contributed by atoms with Gasteiger partial charge < -0.3 is 9.88 Å². The van der Waals surface area contributed by atoms with Crippen LogP contribution in [0.25, 0.3) is 0 Å². The predicted octanol–water partition coefficient (Wildman–Crippen LogP) is 0.171. The zero-order valence-corrected chi connectivity index (χ0v) is 10.9. The number of likely N-dealkylation sites (tertiary alicyclic amines) is 1. The average molecular weight is 258 g/mol. The maximum absolute atomic E-state index is 12.0. The van der Waals surface area contributed by atoms with Crippen molar-refractivity contribution in [3.05, 3.63) is 12.5 Å². The topological polar surface area (TPSA) is 78.1 Å². The highest BCUT2D eigenvalue weighted by atomic mass is 32.2. The highest BCUT2D eigenvalue weighted by Gasteiger charge is 2.27. The van der Waals surface area contributed by atoms with Crippen molar-refractivity contribution >= 4 is 10.0 Å². The fourth-order valence-corrected chi connectivity index (χ4v) is 3.26. The van der Waals surface area contributed by atoms with Crippen LogP contribution < -0.4 is 4.72 Å². The minimum atomic E-state index is -3.44. The van der Waals surface area contributed by atoms with Gasteiger partial charge in [-0.15, -0.1) is 0 Å². The second-order valence-electron chi connectivity index (χ2n) is 4.59. The van der Waals surface area contributed by atoms with Crippen molar-refractivity contribution in [2.45, 2.75) is 36.9 Å². The number of aromatic amines is 1. The predicted molar refractivity (Wildman–Crippen MR) is 64.0 cm³/mol. The molecule has 1 aromatic heterocycles. The van der Waals surface area contributed by atoms with Crippen LogP contribution in [0.15, 0.2) is 17.6 Å². The van der Waals surface area contributed by atoms with Gasteiger partial charge in [-0.1, -0.05) is 0 Å². The summed E-state index contributed by atoms with van der Waals surface area (Å²) in [7, 11) is -1.38. The maximum atomic E-state index is 12.0. The van der Waals surface area contributed by atoms with E-state index in [-0.39, 0.29) is 11.1 Å². The van der Waals surface area contributed by atoms with E-state index in [2.05, 4.69) is 33.6 Å². The van der Waals surface area contributed by atoms with Gasteiger partial charge in [-0.2, -0.15) is 0 Å². The van der Waals surface area contributed by atoms with Gasteiger partial charge in [0.15, 0.2) is 5.03 Å². The number of sulfonamides is 1. The molecule has 2 atom stereocenters. The Morgan fingerprint density at radius 1 is 1.59 bits per heavy atom. The molecule has 1 saturated heterocycles. The lowest BCUT2D eigenvalue weighted by atomic mass is 10.0. The molecule has 0 amide bonds. The van der Waals surface area contributed by atoms with Crippen LogP contribution in [0.4, 0.5) is 0 Å². The van der Waals surface area contributed by atoms with Crippen molar-refractivity contribution in [2.75, 3.05) is 13.6 Å². The summed E-state index contributed by atoms with van der Waals surface area (Å²) in [5.41, 5.74) is 0. The van der Waals surface area contributed by atoms with E-state index in [1.807, 2.05) is 0 Å². The quantitative estimate of drug-likeness (QED) is 0.810.